The quantitative estimate of drug-likeness (QED) is 0.563. The van der Waals surface area contributed by atoms with Gasteiger partial charge in [0.2, 0.25) is 0 Å². The van der Waals surface area contributed by atoms with E-state index in [1.165, 1.54) is 18.2 Å². The first kappa shape index (κ1) is 21.3. The number of benzene rings is 2. The van der Waals surface area contributed by atoms with Gasteiger partial charge in [-0.05, 0) is 55.3 Å². The van der Waals surface area contributed by atoms with E-state index < -0.39 is 23.8 Å². The summed E-state index contributed by atoms with van der Waals surface area (Å²) in [5.41, 5.74) is 0.297. The van der Waals surface area contributed by atoms with Crippen molar-refractivity contribution in [1.29, 1.82) is 0 Å². The second kappa shape index (κ2) is 8.64. The number of pyridine rings is 1. The van der Waals surface area contributed by atoms with Crippen LogP contribution in [0.15, 0.2) is 54.6 Å². The number of aliphatic hydroxyl groups is 1. The molecular weight excluding hydrogens is 407 g/mol. The van der Waals surface area contributed by atoms with Crippen molar-refractivity contribution in [2.75, 3.05) is 11.9 Å². The standard InChI is InChI=1S/C23H22F3N3O2/c24-23(25,26)14-6-5-7-15(12-14)28-22(31)20-13-17(16-8-1-2-9-18(16)29-20)21(30)19-10-3-4-11-27-19/h1-2,5-9,12-13,19,21,27,30H,3-4,10-11H2,(H,28,31). The van der Waals surface area contributed by atoms with E-state index in [1.54, 1.807) is 12.1 Å². The highest BCUT2D eigenvalue weighted by Gasteiger charge is 2.31. The summed E-state index contributed by atoms with van der Waals surface area (Å²) in [5, 5.41) is 17.5. The van der Waals surface area contributed by atoms with Gasteiger partial charge in [0.1, 0.15) is 5.69 Å². The Bertz CT molecular complexity index is 1090. The molecule has 1 aromatic heterocycles. The van der Waals surface area contributed by atoms with Crippen molar-refractivity contribution in [2.45, 2.75) is 37.6 Å². The van der Waals surface area contributed by atoms with Crippen LogP contribution in [0, 0.1) is 0 Å². The molecule has 8 heteroatoms. The zero-order chi connectivity index (χ0) is 22.0. The number of aliphatic hydroxyl groups excluding tert-OH is 1. The summed E-state index contributed by atoms with van der Waals surface area (Å²) in [5.74, 6) is -0.643. The third kappa shape index (κ3) is 4.70. The molecule has 0 spiro atoms. The SMILES string of the molecule is O=C(Nc1cccc(C(F)(F)F)c1)c1cc(C(O)C2CCCCN2)c2ccccc2n1. The number of hydrogen-bond acceptors (Lipinski definition) is 4. The summed E-state index contributed by atoms with van der Waals surface area (Å²) in [7, 11) is 0. The molecule has 3 aromatic rings. The highest BCUT2D eigenvalue weighted by molar-refractivity contribution is 6.04. The molecule has 0 radical (unpaired) electrons. The van der Waals surface area contributed by atoms with Crippen LogP contribution in [0.5, 0.6) is 0 Å². The lowest BCUT2D eigenvalue weighted by molar-refractivity contribution is -0.137. The van der Waals surface area contributed by atoms with Crippen LogP contribution >= 0.6 is 0 Å². The average Bonchev–Trinajstić information content (AvgIpc) is 2.78. The number of amides is 1. The molecule has 1 amide bonds. The molecule has 162 valence electrons. The summed E-state index contributed by atoms with van der Waals surface area (Å²) in [6.07, 6.45) is -2.49. The van der Waals surface area contributed by atoms with Gasteiger partial charge in [-0.2, -0.15) is 13.2 Å². The lowest BCUT2D eigenvalue weighted by atomic mass is 9.92. The van der Waals surface area contributed by atoms with E-state index in [0.29, 0.717) is 11.1 Å². The van der Waals surface area contributed by atoms with E-state index in [9.17, 15) is 23.1 Å². The van der Waals surface area contributed by atoms with E-state index >= 15 is 0 Å². The summed E-state index contributed by atoms with van der Waals surface area (Å²) in [4.78, 5) is 17.2. The minimum atomic E-state index is -4.51. The molecule has 5 nitrogen and oxygen atoms in total. The van der Waals surface area contributed by atoms with E-state index in [-0.39, 0.29) is 17.4 Å². The Balaban J connectivity index is 1.67. The summed E-state index contributed by atoms with van der Waals surface area (Å²) < 4.78 is 38.9. The Kier molecular flexibility index (Phi) is 5.93. The number of carbonyl (C=O) groups is 1. The van der Waals surface area contributed by atoms with Crippen LogP contribution in [0.25, 0.3) is 10.9 Å². The van der Waals surface area contributed by atoms with Crippen LogP contribution < -0.4 is 10.6 Å². The number of rotatable bonds is 4. The van der Waals surface area contributed by atoms with Gasteiger partial charge in [0, 0.05) is 17.1 Å². The Morgan fingerprint density at radius 3 is 2.68 bits per heavy atom. The molecule has 0 bridgehead atoms. The van der Waals surface area contributed by atoms with Crippen molar-refractivity contribution in [3.8, 4) is 0 Å². The normalized spacial score (nSPS) is 18.0. The number of nitrogens with one attached hydrogen (secondary N) is 2. The van der Waals surface area contributed by atoms with Crippen LogP contribution in [0.2, 0.25) is 0 Å². The molecule has 2 aromatic carbocycles. The lowest BCUT2D eigenvalue weighted by Crippen LogP contribution is -2.39. The van der Waals surface area contributed by atoms with Gasteiger partial charge in [0.15, 0.2) is 0 Å². The number of nitrogens with zero attached hydrogens (tertiary/aromatic N) is 1. The van der Waals surface area contributed by atoms with Gasteiger partial charge in [-0.15, -0.1) is 0 Å². The molecule has 1 aliphatic rings. The highest BCUT2D eigenvalue weighted by Crippen LogP contribution is 2.32. The first-order valence-electron chi connectivity index (χ1n) is 10.1. The Labute approximate surface area is 177 Å². The summed E-state index contributed by atoms with van der Waals surface area (Å²) >= 11 is 0. The van der Waals surface area contributed by atoms with Crippen LogP contribution in [-0.2, 0) is 6.18 Å². The minimum absolute atomic E-state index is 0.0193. The molecule has 0 saturated carbocycles. The van der Waals surface area contributed by atoms with E-state index in [2.05, 4.69) is 15.6 Å². The van der Waals surface area contributed by atoms with E-state index in [0.717, 1.165) is 43.3 Å². The van der Waals surface area contributed by atoms with E-state index in [4.69, 9.17) is 0 Å². The molecular formula is C23H22F3N3O2. The maximum absolute atomic E-state index is 13.0. The number of piperidine rings is 1. The van der Waals surface area contributed by atoms with Gasteiger partial charge >= 0.3 is 6.18 Å². The second-order valence-corrected chi connectivity index (χ2v) is 7.65. The smallest absolute Gasteiger partial charge is 0.387 e. The topological polar surface area (TPSA) is 74.2 Å². The monoisotopic (exact) mass is 429 g/mol. The van der Waals surface area contributed by atoms with Crippen LogP contribution in [0.1, 0.15) is 47.0 Å². The first-order valence-corrected chi connectivity index (χ1v) is 10.1. The maximum atomic E-state index is 13.0. The van der Waals surface area contributed by atoms with Gasteiger partial charge < -0.3 is 15.7 Å². The summed E-state index contributed by atoms with van der Waals surface area (Å²) in [6, 6.07) is 13.0. The third-order valence-corrected chi connectivity index (χ3v) is 5.48. The molecule has 0 aliphatic carbocycles. The van der Waals surface area contributed by atoms with Crippen LogP contribution in [0.4, 0.5) is 18.9 Å². The number of halogens is 3. The summed E-state index contributed by atoms with van der Waals surface area (Å²) in [6.45, 7) is 0.813. The molecule has 3 N–H and O–H groups in total. The predicted octanol–water partition coefficient (Wildman–Crippen LogP) is 4.68. The van der Waals surface area contributed by atoms with Crippen molar-refractivity contribution in [1.82, 2.24) is 10.3 Å². The molecule has 1 saturated heterocycles. The van der Waals surface area contributed by atoms with Gasteiger partial charge in [0.05, 0.1) is 17.2 Å². The molecule has 2 atom stereocenters. The fourth-order valence-electron chi connectivity index (χ4n) is 3.90. The number of hydrogen-bond donors (Lipinski definition) is 3. The Morgan fingerprint density at radius 1 is 1.13 bits per heavy atom. The fourth-order valence-corrected chi connectivity index (χ4v) is 3.90. The first-order chi connectivity index (χ1) is 14.8. The molecule has 1 fully saturated rings. The Morgan fingerprint density at radius 2 is 1.94 bits per heavy atom. The Hall–Kier alpha value is -2.97. The minimum Gasteiger partial charge on any atom is -0.387 e. The number of alkyl halides is 3. The van der Waals surface area contributed by atoms with Crippen molar-refractivity contribution in [3.05, 3.63) is 71.4 Å². The number of carbonyl (C=O) groups excluding carboxylic acids is 1. The average molecular weight is 429 g/mol. The van der Waals surface area contributed by atoms with Crippen molar-refractivity contribution < 1.29 is 23.1 Å². The molecule has 1 aliphatic heterocycles. The number of para-hydroxylation sites is 1. The van der Waals surface area contributed by atoms with Gasteiger partial charge in [0.25, 0.3) is 5.91 Å². The number of anilines is 1. The van der Waals surface area contributed by atoms with Crippen molar-refractivity contribution in [2.24, 2.45) is 0 Å². The fraction of sp³-hybridized carbons (Fsp3) is 0.304. The second-order valence-electron chi connectivity index (χ2n) is 7.65. The van der Waals surface area contributed by atoms with Gasteiger partial charge in [-0.25, -0.2) is 4.98 Å². The van der Waals surface area contributed by atoms with E-state index in [1.807, 2.05) is 12.1 Å². The molecule has 31 heavy (non-hydrogen) atoms. The predicted molar refractivity (Wildman–Crippen MR) is 112 cm³/mol. The molecule has 2 unspecified atom stereocenters. The van der Waals surface area contributed by atoms with Crippen LogP contribution in [-0.4, -0.2) is 28.6 Å². The number of fused-ring (bicyclic) bond motifs is 1. The zero-order valence-electron chi connectivity index (χ0n) is 16.6. The molecule has 4 rings (SSSR count). The van der Waals surface area contributed by atoms with Crippen molar-refractivity contribution in [3.63, 3.8) is 0 Å². The van der Waals surface area contributed by atoms with Crippen LogP contribution in [0.3, 0.4) is 0 Å². The largest absolute Gasteiger partial charge is 0.416 e. The number of aromatic nitrogens is 1. The third-order valence-electron chi connectivity index (χ3n) is 5.48. The van der Waals surface area contributed by atoms with Gasteiger partial charge in [-0.3, -0.25) is 4.79 Å². The van der Waals surface area contributed by atoms with Crippen molar-refractivity contribution >= 4 is 22.5 Å². The maximum Gasteiger partial charge on any atom is 0.416 e. The van der Waals surface area contributed by atoms with Gasteiger partial charge in [-0.1, -0.05) is 30.7 Å². The lowest BCUT2D eigenvalue weighted by Gasteiger charge is -2.29. The highest BCUT2D eigenvalue weighted by atomic mass is 19.4. The molecule has 2 heterocycles. The zero-order valence-corrected chi connectivity index (χ0v) is 16.6.